The molecule has 17 heavy (non-hydrogen) atoms. The maximum Gasteiger partial charge on any atom is 0.136 e. The number of aromatic nitrogens is 1. The molecule has 2 heterocycles. The van der Waals surface area contributed by atoms with Crippen molar-refractivity contribution in [3.8, 4) is 5.75 Å². The van der Waals surface area contributed by atoms with Crippen LogP contribution >= 0.6 is 11.3 Å². The molecule has 1 aliphatic rings. The summed E-state index contributed by atoms with van der Waals surface area (Å²) in [6, 6.07) is 6.23. The summed E-state index contributed by atoms with van der Waals surface area (Å²) in [7, 11) is 0. The number of ether oxygens (including phenoxy) is 1. The van der Waals surface area contributed by atoms with E-state index in [0.29, 0.717) is 0 Å². The van der Waals surface area contributed by atoms with Crippen molar-refractivity contribution >= 4 is 11.3 Å². The van der Waals surface area contributed by atoms with E-state index in [2.05, 4.69) is 24.0 Å². The minimum atomic E-state index is 0.0470. The number of benzene rings is 1. The summed E-state index contributed by atoms with van der Waals surface area (Å²) in [5, 5.41) is 0. The molecule has 88 valence electrons. The number of thiazole rings is 1. The molecule has 0 fully saturated rings. The van der Waals surface area contributed by atoms with Crippen molar-refractivity contribution in [2.75, 3.05) is 0 Å². The zero-order chi connectivity index (χ0) is 11.8. The molecule has 0 amide bonds. The number of nitrogens with zero attached hydrogens (tertiary/aromatic N) is 1. The molecule has 0 bridgehead atoms. The van der Waals surface area contributed by atoms with E-state index in [0.717, 1.165) is 22.6 Å². The zero-order valence-corrected chi connectivity index (χ0v) is 10.4. The van der Waals surface area contributed by atoms with Gasteiger partial charge in [0.05, 0.1) is 10.4 Å². The van der Waals surface area contributed by atoms with Gasteiger partial charge in [-0.15, -0.1) is 11.3 Å². The standard InChI is InChI=1S/C13H14N2OS/c1-8-2-3-11-9(4-8)10(14)5-12(16-11)13-6-15-7-17-13/h2-4,6-7,10,12H,5,14H2,1H3. The Labute approximate surface area is 104 Å². The smallest absolute Gasteiger partial charge is 0.136 e. The van der Waals surface area contributed by atoms with Crippen LogP contribution < -0.4 is 10.5 Å². The van der Waals surface area contributed by atoms with E-state index in [1.165, 1.54) is 5.56 Å². The van der Waals surface area contributed by atoms with Gasteiger partial charge in [0.15, 0.2) is 0 Å². The molecular weight excluding hydrogens is 232 g/mol. The van der Waals surface area contributed by atoms with Crippen molar-refractivity contribution in [3.05, 3.63) is 45.9 Å². The summed E-state index contributed by atoms with van der Waals surface area (Å²) in [6.45, 7) is 2.07. The second-order valence-electron chi connectivity index (χ2n) is 4.39. The fraction of sp³-hybridized carbons (Fsp3) is 0.308. The average Bonchev–Trinajstić information content (AvgIpc) is 2.83. The third kappa shape index (κ3) is 1.94. The van der Waals surface area contributed by atoms with Gasteiger partial charge in [-0.05, 0) is 13.0 Å². The van der Waals surface area contributed by atoms with Gasteiger partial charge in [-0.2, -0.15) is 0 Å². The molecule has 1 aliphatic heterocycles. The highest BCUT2D eigenvalue weighted by atomic mass is 32.1. The second-order valence-corrected chi connectivity index (χ2v) is 5.31. The quantitative estimate of drug-likeness (QED) is 0.841. The van der Waals surface area contributed by atoms with Crippen molar-refractivity contribution in [2.45, 2.75) is 25.5 Å². The Morgan fingerprint density at radius 3 is 3.12 bits per heavy atom. The van der Waals surface area contributed by atoms with Crippen LogP contribution in [0.25, 0.3) is 0 Å². The molecule has 3 rings (SSSR count). The largest absolute Gasteiger partial charge is 0.484 e. The van der Waals surface area contributed by atoms with Crippen molar-refractivity contribution < 1.29 is 4.74 Å². The molecular formula is C13H14N2OS. The third-order valence-electron chi connectivity index (χ3n) is 3.07. The summed E-state index contributed by atoms with van der Waals surface area (Å²) >= 11 is 1.62. The normalized spacial score (nSPS) is 22.9. The number of fused-ring (bicyclic) bond motifs is 1. The highest BCUT2D eigenvalue weighted by Crippen LogP contribution is 2.40. The van der Waals surface area contributed by atoms with E-state index in [-0.39, 0.29) is 12.1 Å². The van der Waals surface area contributed by atoms with Gasteiger partial charge in [0.25, 0.3) is 0 Å². The first-order valence-electron chi connectivity index (χ1n) is 5.65. The molecule has 2 aromatic rings. The number of hydrogen-bond acceptors (Lipinski definition) is 4. The van der Waals surface area contributed by atoms with E-state index < -0.39 is 0 Å². The molecule has 0 saturated carbocycles. The van der Waals surface area contributed by atoms with Crippen LogP contribution in [-0.4, -0.2) is 4.98 Å². The first-order valence-corrected chi connectivity index (χ1v) is 6.53. The summed E-state index contributed by atoms with van der Waals surface area (Å²) in [5.74, 6) is 0.910. The monoisotopic (exact) mass is 246 g/mol. The third-order valence-corrected chi connectivity index (χ3v) is 3.94. The Bertz CT molecular complexity index is 524. The van der Waals surface area contributed by atoms with E-state index in [4.69, 9.17) is 10.5 Å². The van der Waals surface area contributed by atoms with Crippen LogP contribution in [0.1, 0.15) is 34.6 Å². The van der Waals surface area contributed by atoms with Crippen LogP contribution in [0.4, 0.5) is 0 Å². The van der Waals surface area contributed by atoms with Crippen LogP contribution in [-0.2, 0) is 0 Å². The van der Waals surface area contributed by atoms with Gasteiger partial charge in [-0.3, -0.25) is 4.98 Å². The fourth-order valence-electron chi connectivity index (χ4n) is 2.18. The minimum absolute atomic E-state index is 0.0470. The van der Waals surface area contributed by atoms with Crippen molar-refractivity contribution in [3.63, 3.8) is 0 Å². The average molecular weight is 246 g/mol. The SMILES string of the molecule is Cc1ccc2c(c1)C(N)CC(c1cncs1)O2. The predicted octanol–water partition coefficient (Wildman–Crippen LogP) is 2.98. The molecule has 2 unspecified atom stereocenters. The highest BCUT2D eigenvalue weighted by molar-refractivity contribution is 7.09. The molecule has 2 N–H and O–H groups in total. The fourth-order valence-corrected chi connectivity index (χ4v) is 2.84. The summed E-state index contributed by atoms with van der Waals surface area (Å²) in [5.41, 5.74) is 10.4. The topological polar surface area (TPSA) is 48.1 Å². The lowest BCUT2D eigenvalue weighted by Crippen LogP contribution is -2.23. The molecule has 4 heteroatoms. The molecule has 3 nitrogen and oxygen atoms in total. The predicted molar refractivity (Wildman–Crippen MR) is 68.2 cm³/mol. The van der Waals surface area contributed by atoms with E-state index in [1.807, 2.05) is 17.8 Å². The van der Waals surface area contributed by atoms with Crippen molar-refractivity contribution in [1.29, 1.82) is 0 Å². The first-order chi connectivity index (χ1) is 8.24. The van der Waals surface area contributed by atoms with E-state index in [9.17, 15) is 0 Å². The first kappa shape index (κ1) is 10.7. The number of hydrogen-bond donors (Lipinski definition) is 1. The second kappa shape index (κ2) is 4.13. The molecule has 1 aromatic heterocycles. The minimum Gasteiger partial charge on any atom is -0.484 e. The maximum atomic E-state index is 6.22. The summed E-state index contributed by atoms with van der Waals surface area (Å²) < 4.78 is 5.99. The Morgan fingerprint density at radius 1 is 1.47 bits per heavy atom. The molecule has 0 spiro atoms. The summed E-state index contributed by atoms with van der Waals surface area (Å²) in [4.78, 5) is 5.24. The van der Waals surface area contributed by atoms with E-state index in [1.54, 1.807) is 11.3 Å². The van der Waals surface area contributed by atoms with Gasteiger partial charge in [-0.25, -0.2) is 0 Å². The van der Waals surface area contributed by atoms with Gasteiger partial charge in [0, 0.05) is 24.2 Å². The molecule has 0 radical (unpaired) electrons. The Hall–Kier alpha value is -1.39. The zero-order valence-electron chi connectivity index (χ0n) is 9.59. The van der Waals surface area contributed by atoms with Gasteiger partial charge >= 0.3 is 0 Å². The van der Waals surface area contributed by atoms with Crippen LogP contribution in [0.15, 0.2) is 29.9 Å². The van der Waals surface area contributed by atoms with Crippen LogP contribution in [0, 0.1) is 6.92 Å². The van der Waals surface area contributed by atoms with Crippen LogP contribution in [0.3, 0.4) is 0 Å². The van der Waals surface area contributed by atoms with Crippen LogP contribution in [0.2, 0.25) is 0 Å². The molecule has 2 atom stereocenters. The Balaban J connectivity index is 1.96. The van der Waals surface area contributed by atoms with Gasteiger partial charge < -0.3 is 10.5 Å². The van der Waals surface area contributed by atoms with Gasteiger partial charge in [0.1, 0.15) is 11.9 Å². The lowest BCUT2D eigenvalue weighted by Gasteiger charge is -2.29. The lowest BCUT2D eigenvalue weighted by atomic mass is 9.95. The molecule has 1 aromatic carbocycles. The maximum absolute atomic E-state index is 6.22. The lowest BCUT2D eigenvalue weighted by molar-refractivity contribution is 0.164. The number of rotatable bonds is 1. The highest BCUT2D eigenvalue weighted by Gasteiger charge is 2.27. The van der Waals surface area contributed by atoms with Crippen LogP contribution in [0.5, 0.6) is 5.75 Å². The Morgan fingerprint density at radius 2 is 2.35 bits per heavy atom. The molecule has 0 aliphatic carbocycles. The van der Waals surface area contributed by atoms with E-state index >= 15 is 0 Å². The number of nitrogens with two attached hydrogens (primary N) is 1. The van der Waals surface area contributed by atoms with Gasteiger partial charge in [0.2, 0.25) is 0 Å². The van der Waals surface area contributed by atoms with Crippen molar-refractivity contribution in [1.82, 2.24) is 4.98 Å². The Kier molecular flexibility index (Phi) is 2.61. The van der Waals surface area contributed by atoms with Crippen molar-refractivity contribution in [2.24, 2.45) is 5.73 Å². The molecule has 0 saturated heterocycles. The van der Waals surface area contributed by atoms with Gasteiger partial charge in [-0.1, -0.05) is 17.7 Å². The summed E-state index contributed by atoms with van der Waals surface area (Å²) in [6.07, 6.45) is 2.73. The number of aryl methyl sites for hydroxylation is 1.